The fourth-order valence-corrected chi connectivity index (χ4v) is 3.70. The minimum Gasteiger partial charge on any atom is -0.488 e. The normalized spacial score (nSPS) is 11.1. The molecule has 0 fully saturated rings. The molecule has 0 saturated heterocycles. The van der Waals surface area contributed by atoms with Crippen molar-refractivity contribution in [2.75, 3.05) is 5.32 Å². The Bertz CT molecular complexity index is 1250. The first-order valence-electron chi connectivity index (χ1n) is 9.94. The number of nitriles is 1. The summed E-state index contributed by atoms with van der Waals surface area (Å²) in [4.78, 5) is 12.6. The molecule has 1 amide bonds. The number of hydrogen-bond acceptors (Lipinski definition) is 3. The molecule has 162 valence electrons. The van der Waals surface area contributed by atoms with Crippen molar-refractivity contribution in [2.24, 2.45) is 0 Å². The lowest BCUT2D eigenvalue weighted by atomic mass is 10.1. The number of aryl methyl sites for hydroxylation is 3. The number of ether oxygens (including phenoxy) is 1. The van der Waals surface area contributed by atoms with E-state index >= 15 is 0 Å². The van der Waals surface area contributed by atoms with Crippen LogP contribution in [-0.2, 0) is 11.4 Å². The van der Waals surface area contributed by atoms with Crippen molar-refractivity contribution < 1.29 is 9.53 Å². The molecule has 3 aromatic carbocycles. The number of nitrogens with one attached hydrogen (secondary N) is 1. The van der Waals surface area contributed by atoms with Crippen LogP contribution in [0.4, 0.5) is 5.69 Å². The standard InChI is InChI=1S/C26H22BrClN2O2/c1-16-4-6-20(10-18(16)3)15-32-25-9-7-19(12-23(25)27)11-21(14-29)26(31)30-24-13-22(28)8-5-17(24)2/h4-13H,15H2,1-3H3,(H,30,31)/b21-11+. The van der Waals surface area contributed by atoms with Crippen LogP contribution in [0.5, 0.6) is 5.75 Å². The maximum Gasteiger partial charge on any atom is 0.266 e. The highest BCUT2D eigenvalue weighted by atomic mass is 79.9. The van der Waals surface area contributed by atoms with Gasteiger partial charge < -0.3 is 10.1 Å². The molecule has 0 atom stereocenters. The van der Waals surface area contributed by atoms with Gasteiger partial charge in [-0.1, -0.05) is 41.9 Å². The van der Waals surface area contributed by atoms with E-state index in [4.69, 9.17) is 16.3 Å². The van der Waals surface area contributed by atoms with Crippen LogP contribution in [0.15, 0.2) is 64.6 Å². The summed E-state index contributed by atoms with van der Waals surface area (Å²) >= 11 is 9.52. The highest BCUT2D eigenvalue weighted by molar-refractivity contribution is 9.10. The van der Waals surface area contributed by atoms with Crippen molar-refractivity contribution >= 4 is 45.2 Å². The summed E-state index contributed by atoms with van der Waals surface area (Å²) in [5.74, 6) is 0.182. The highest BCUT2D eigenvalue weighted by Crippen LogP contribution is 2.28. The van der Waals surface area contributed by atoms with Crippen LogP contribution in [0.1, 0.15) is 27.8 Å². The Kier molecular flexibility index (Phi) is 7.74. The monoisotopic (exact) mass is 508 g/mol. The Morgan fingerprint density at radius 1 is 1.06 bits per heavy atom. The first kappa shape index (κ1) is 23.6. The molecule has 0 radical (unpaired) electrons. The van der Waals surface area contributed by atoms with Crippen molar-refractivity contribution in [3.63, 3.8) is 0 Å². The van der Waals surface area contributed by atoms with Crippen LogP contribution < -0.4 is 10.1 Å². The zero-order valence-electron chi connectivity index (χ0n) is 18.0. The number of rotatable bonds is 6. The molecule has 6 heteroatoms. The Balaban J connectivity index is 1.73. The van der Waals surface area contributed by atoms with Crippen LogP contribution in [0.2, 0.25) is 5.02 Å². The number of carbonyl (C=O) groups excluding carboxylic acids is 1. The Morgan fingerprint density at radius 2 is 1.81 bits per heavy atom. The van der Waals surface area contributed by atoms with Gasteiger partial charge in [0.05, 0.1) is 4.47 Å². The van der Waals surface area contributed by atoms with Crippen LogP contribution in [0.3, 0.4) is 0 Å². The van der Waals surface area contributed by atoms with E-state index in [1.165, 1.54) is 17.2 Å². The Labute approximate surface area is 201 Å². The third-order valence-electron chi connectivity index (χ3n) is 5.05. The van der Waals surface area contributed by atoms with Gasteiger partial charge in [-0.05, 0) is 94.9 Å². The second kappa shape index (κ2) is 10.5. The minimum atomic E-state index is -0.496. The van der Waals surface area contributed by atoms with E-state index in [-0.39, 0.29) is 5.57 Å². The van der Waals surface area contributed by atoms with Gasteiger partial charge in [-0.2, -0.15) is 5.26 Å². The van der Waals surface area contributed by atoms with Crippen molar-refractivity contribution in [2.45, 2.75) is 27.4 Å². The van der Waals surface area contributed by atoms with Gasteiger partial charge in [0.15, 0.2) is 0 Å². The molecule has 0 saturated carbocycles. The smallest absolute Gasteiger partial charge is 0.266 e. The van der Waals surface area contributed by atoms with Gasteiger partial charge in [0.25, 0.3) is 5.91 Å². The van der Waals surface area contributed by atoms with Crippen LogP contribution in [-0.4, -0.2) is 5.91 Å². The quantitative estimate of drug-likeness (QED) is 0.283. The highest BCUT2D eigenvalue weighted by Gasteiger charge is 2.12. The molecular weight excluding hydrogens is 488 g/mol. The van der Waals surface area contributed by atoms with E-state index in [2.05, 4.69) is 47.2 Å². The third-order valence-corrected chi connectivity index (χ3v) is 5.90. The summed E-state index contributed by atoms with van der Waals surface area (Å²) in [6.07, 6.45) is 1.53. The van der Waals surface area contributed by atoms with Gasteiger partial charge in [0.1, 0.15) is 24.0 Å². The molecule has 0 aliphatic heterocycles. The minimum absolute atomic E-state index is 0.0138. The first-order chi connectivity index (χ1) is 15.3. The molecule has 0 spiro atoms. The number of carbonyl (C=O) groups is 1. The van der Waals surface area contributed by atoms with E-state index in [1.54, 1.807) is 18.2 Å². The maximum absolute atomic E-state index is 12.6. The van der Waals surface area contributed by atoms with Crippen LogP contribution in [0.25, 0.3) is 6.08 Å². The summed E-state index contributed by atoms with van der Waals surface area (Å²) in [5, 5.41) is 12.7. The fraction of sp³-hybridized carbons (Fsp3) is 0.154. The number of halogens is 2. The predicted octanol–water partition coefficient (Wildman–Crippen LogP) is 7.15. The average molecular weight is 510 g/mol. The fourth-order valence-electron chi connectivity index (χ4n) is 3.01. The van der Waals surface area contributed by atoms with E-state index in [0.717, 1.165) is 15.6 Å². The van der Waals surface area contributed by atoms with Crippen molar-refractivity contribution in [1.29, 1.82) is 5.26 Å². The van der Waals surface area contributed by atoms with Gasteiger partial charge >= 0.3 is 0 Å². The van der Waals surface area contributed by atoms with Crippen molar-refractivity contribution in [3.05, 3.63) is 97.5 Å². The van der Waals surface area contributed by atoms with Crippen LogP contribution in [0, 0.1) is 32.1 Å². The molecule has 0 aromatic heterocycles. The van der Waals surface area contributed by atoms with E-state index in [0.29, 0.717) is 28.6 Å². The number of amides is 1. The van der Waals surface area contributed by atoms with Gasteiger partial charge in [-0.25, -0.2) is 0 Å². The number of anilines is 1. The lowest BCUT2D eigenvalue weighted by molar-refractivity contribution is -0.112. The first-order valence-corrected chi connectivity index (χ1v) is 11.1. The summed E-state index contributed by atoms with van der Waals surface area (Å²) < 4.78 is 6.67. The average Bonchev–Trinajstić information content (AvgIpc) is 2.76. The number of nitrogens with zero attached hydrogens (tertiary/aromatic N) is 1. The molecule has 1 N–H and O–H groups in total. The molecule has 0 heterocycles. The number of benzene rings is 3. The van der Waals surface area contributed by atoms with Gasteiger partial charge in [-0.15, -0.1) is 0 Å². The molecule has 32 heavy (non-hydrogen) atoms. The largest absolute Gasteiger partial charge is 0.488 e. The van der Waals surface area contributed by atoms with E-state index < -0.39 is 5.91 Å². The zero-order chi connectivity index (χ0) is 23.3. The van der Waals surface area contributed by atoms with Crippen molar-refractivity contribution in [3.8, 4) is 11.8 Å². The molecule has 0 bridgehead atoms. The molecule has 0 aliphatic rings. The van der Waals surface area contributed by atoms with Gasteiger partial charge in [-0.3, -0.25) is 4.79 Å². The summed E-state index contributed by atoms with van der Waals surface area (Å²) in [7, 11) is 0. The van der Waals surface area contributed by atoms with Crippen molar-refractivity contribution in [1.82, 2.24) is 0 Å². The third kappa shape index (κ3) is 6.00. The predicted molar refractivity (Wildman–Crippen MR) is 133 cm³/mol. The van der Waals surface area contributed by atoms with Gasteiger partial charge in [0.2, 0.25) is 0 Å². The Morgan fingerprint density at radius 3 is 2.50 bits per heavy atom. The topological polar surface area (TPSA) is 62.1 Å². The van der Waals surface area contributed by atoms with Crippen LogP contribution >= 0.6 is 27.5 Å². The summed E-state index contributed by atoms with van der Waals surface area (Å²) in [6, 6.07) is 18.8. The molecular formula is C26H22BrClN2O2. The zero-order valence-corrected chi connectivity index (χ0v) is 20.3. The van der Waals surface area contributed by atoms with E-state index in [9.17, 15) is 10.1 Å². The lowest BCUT2D eigenvalue weighted by Crippen LogP contribution is -2.14. The molecule has 4 nitrogen and oxygen atoms in total. The Hall–Kier alpha value is -3.07. The molecule has 3 rings (SSSR count). The molecule has 0 aliphatic carbocycles. The second-order valence-electron chi connectivity index (χ2n) is 7.48. The summed E-state index contributed by atoms with van der Waals surface area (Å²) in [5.41, 5.74) is 5.66. The summed E-state index contributed by atoms with van der Waals surface area (Å²) in [6.45, 7) is 6.45. The second-order valence-corrected chi connectivity index (χ2v) is 8.77. The number of hydrogen-bond donors (Lipinski definition) is 1. The van der Waals surface area contributed by atoms with Gasteiger partial charge in [0, 0.05) is 10.7 Å². The maximum atomic E-state index is 12.6. The molecule has 0 unspecified atom stereocenters. The SMILES string of the molecule is Cc1ccc(COc2ccc(/C=C(\C#N)C(=O)Nc3cc(Cl)ccc3C)cc2Br)cc1C. The van der Waals surface area contributed by atoms with E-state index in [1.807, 2.05) is 37.3 Å². The lowest BCUT2D eigenvalue weighted by Gasteiger charge is -2.11. The molecule has 3 aromatic rings.